The lowest BCUT2D eigenvalue weighted by molar-refractivity contribution is -0.119. The van der Waals surface area contributed by atoms with Crippen molar-refractivity contribution in [3.63, 3.8) is 0 Å². The van der Waals surface area contributed by atoms with Gasteiger partial charge in [-0.25, -0.2) is 15.0 Å². The van der Waals surface area contributed by atoms with E-state index in [2.05, 4.69) is 33.5 Å². The predicted molar refractivity (Wildman–Crippen MR) is 118 cm³/mol. The number of halogens is 2. The Morgan fingerprint density at radius 1 is 1.27 bits per heavy atom. The van der Waals surface area contributed by atoms with Gasteiger partial charge in [-0.15, -0.1) is 11.3 Å². The number of hydrogen-bond donors (Lipinski definition) is 0. The van der Waals surface area contributed by atoms with Crippen molar-refractivity contribution in [2.75, 3.05) is 25.6 Å². The van der Waals surface area contributed by atoms with E-state index in [1.165, 1.54) is 28.3 Å². The topological polar surface area (TPSA) is 73.1 Å². The first-order valence-electron chi connectivity index (χ1n) is 9.27. The monoisotopic (exact) mass is 437 g/mol. The van der Waals surface area contributed by atoms with Crippen molar-refractivity contribution in [2.24, 2.45) is 5.92 Å². The van der Waals surface area contributed by atoms with Crippen LogP contribution < -0.4 is 10.5 Å². The lowest BCUT2D eigenvalue weighted by Gasteiger charge is -2.11. The highest BCUT2D eigenvalue weighted by Crippen LogP contribution is 2.33. The average Bonchev–Trinajstić information content (AvgIpc) is 3.07. The summed E-state index contributed by atoms with van der Waals surface area (Å²) in [6.45, 7) is 3.21. The average molecular weight is 438 g/mol. The number of alkyl halides is 2. The molecule has 0 N–H and O–H groups in total. The highest BCUT2D eigenvalue weighted by atomic mass is 32.1. The maximum absolute atomic E-state index is 12.6. The molecule has 0 spiro atoms. The molecule has 0 bridgehead atoms. The van der Waals surface area contributed by atoms with E-state index in [0.717, 1.165) is 16.0 Å². The molecule has 3 rings (SSSR count). The standard InChI is InChI=1S/C15H17N5OS.C5H8F2O/c1-9(2)5-6-20-8-18-11-10-13(19(3)4)16-7-17-14(10)22-12(11)15(20)21;1-2-3-4-8-5(6)7/h5-9H,1-4H3;2-3,5H,4H2,1H3/b6-5+;3-2-. The van der Waals surface area contributed by atoms with Gasteiger partial charge in [0, 0.05) is 20.3 Å². The first kappa shape index (κ1) is 23.6. The fourth-order valence-corrected chi connectivity index (χ4v) is 3.42. The molecule has 0 unspecified atom stereocenters. The molecular weight excluding hydrogens is 412 g/mol. The molecule has 0 aliphatic carbocycles. The quantitative estimate of drug-likeness (QED) is 0.533. The third-order valence-electron chi connectivity index (χ3n) is 3.79. The van der Waals surface area contributed by atoms with Gasteiger partial charge < -0.3 is 9.64 Å². The number of fused-ring (bicyclic) bond motifs is 3. The van der Waals surface area contributed by atoms with E-state index in [4.69, 9.17) is 0 Å². The molecule has 0 fully saturated rings. The molecule has 0 aliphatic rings. The number of aromatic nitrogens is 4. The van der Waals surface area contributed by atoms with Crippen LogP contribution in [0.5, 0.6) is 0 Å². The molecule has 0 radical (unpaired) electrons. The van der Waals surface area contributed by atoms with Crippen molar-refractivity contribution in [3.05, 3.63) is 41.2 Å². The number of hydrogen-bond acceptors (Lipinski definition) is 7. The van der Waals surface area contributed by atoms with Gasteiger partial charge in [-0.3, -0.25) is 9.36 Å². The maximum Gasteiger partial charge on any atom is 0.345 e. The third kappa shape index (κ3) is 5.90. The van der Waals surface area contributed by atoms with Crippen molar-refractivity contribution in [3.8, 4) is 0 Å². The zero-order valence-electron chi connectivity index (χ0n) is 17.5. The van der Waals surface area contributed by atoms with Gasteiger partial charge >= 0.3 is 6.61 Å². The zero-order chi connectivity index (χ0) is 22.3. The largest absolute Gasteiger partial charge is 0.362 e. The summed E-state index contributed by atoms with van der Waals surface area (Å²) >= 11 is 1.36. The van der Waals surface area contributed by atoms with Gasteiger partial charge in [0.2, 0.25) is 0 Å². The fourth-order valence-electron chi connectivity index (χ4n) is 2.40. The summed E-state index contributed by atoms with van der Waals surface area (Å²) < 4.78 is 28.2. The van der Waals surface area contributed by atoms with Crippen LogP contribution in [0.1, 0.15) is 20.8 Å². The van der Waals surface area contributed by atoms with Crippen LogP contribution in [0.15, 0.2) is 35.7 Å². The Morgan fingerprint density at radius 3 is 2.60 bits per heavy atom. The normalized spacial score (nSPS) is 11.9. The van der Waals surface area contributed by atoms with Crippen LogP contribution in [-0.4, -0.2) is 46.8 Å². The Bertz CT molecular complexity index is 1090. The molecule has 7 nitrogen and oxygen atoms in total. The fraction of sp³-hybridized carbons (Fsp3) is 0.400. The van der Waals surface area contributed by atoms with Crippen LogP contribution >= 0.6 is 11.3 Å². The lowest BCUT2D eigenvalue weighted by atomic mass is 10.2. The predicted octanol–water partition coefficient (Wildman–Crippen LogP) is 4.40. The molecule has 3 aromatic rings. The van der Waals surface area contributed by atoms with Gasteiger partial charge in [-0.1, -0.05) is 32.1 Å². The van der Waals surface area contributed by atoms with Gasteiger partial charge in [-0.05, 0) is 12.8 Å². The lowest BCUT2D eigenvalue weighted by Crippen LogP contribution is -2.15. The summed E-state index contributed by atoms with van der Waals surface area (Å²) in [4.78, 5) is 28.3. The molecule has 30 heavy (non-hydrogen) atoms. The van der Waals surface area contributed by atoms with E-state index in [-0.39, 0.29) is 12.2 Å². The van der Waals surface area contributed by atoms with E-state index in [1.807, 2.05) is 25.1 Å². The van der Waals surface area contributed by atoms with E-state index < -0.39 is 6.61 Å². The summed E-state index contributed by atoms with van der Waals surface area (Å²) in [6.07, 6.45) is 9.98. The summed E-state index contributed by atoms with van der Waals surface area (Å²) in [6, 6.07) is 0. The van der Waals surface area contributed by atoms with Crippen molar-refractivity contribution in [1.82, 2.24) is 19.5 Å². The molecule has 0 saturated heterocycles. The van der Waals surface area contributed by atoms with Gasteiger partial charge in [-0.2, -0.15) is 8.78 Å². The van der Waals surface area contributed by atoms with Crippen LogP contribution in [0.2, 0.25) is 0 Å². The molecule has 3 heterocycles. The third-order valence-corrected chi connectivity index (χ3v) is 4.87. The number of anilines is 1. The van der Waals surface area contributed by atoms with Crippen LogP contribution in [-0.2, 0) is 4.74 Å². The molecule has 0 atom stereocenters. The smallest absolute Gasteiger partial charge is 0.345 e. The summed E-state index contributed by atoms with van der Waals surface area (Å²) in [7, 11) is 3.83. The number of rotatable bonds is 6. The maximum atomic E-state index is 12.6. The second-order valence-corrected chi connectivity index (χ2v) is 7.76. The number of allylic oxidation sites excluding steroid dienone is 2. The molecule has 10 heteroatoms. The first-order valence-corrected chi connectivity index (χ1v) is 10.1. The van der Waals surface area contributed by atoms with Crippen LogP contribution in [0.4, 0.5) is 14.6 Å². The summed E-state index contributed by atoms with van der Waals surface area (Å²) in [5.41, 5.74) is 0.595. The van der Waals surface area contributed by atoms with E-state index in [9.17, 15) is 13.6 Å². The Labute approximate surface area is 177 Å². The number of thiophene rings is 1. The van der Waals surface area contributed by atoms with Crippen LogP contribution in [0.25, 0.3) is 26.6 Å². The minimum atomic E-state index is -2.65. The molecule has 0 amide bonds. The van der Waals surface area contributed by atoms with Crippen molar-refractivity contribution in [1.29, 1.82) is 0 Å². The van der Waals surface area contributed by atoms with E-state index >= 15 is 0 Å². The molecule has 162 valence electrons. The first-order chi connectivity index (χ1) is 14.3. The SMILES string of the molecule is C/C=C\COC(F)F.CC(C)/C=C/n1cnc2c(sc3ncnc(N(C)C)c32)c1=O. The molecule has 0 aliphatic heterocycles. The van der Waals surface area contributed by atoms with E-state index in [1.54, 1.807) is 25.5 Å². The van der Waals surface area contributed by atoms with Crippen LogP contribution in [0, 0.1) is 5.92 Å². The van der Waals surface area contributed by atoms with Gasteiger partial charge in [0.05, 0.1) is 12.0 Å². The molecular formula is C20H25F2N5O2S. The Hall–Kier alpha value is -2.72. The molecule has 3 aromatic heterocycles. The summed E-state index contributed by atoms with van der Waals surface area (Å²) in [5.74, 6) is 1.15. The molecule has 0 saturated carbocycles. The minimum Gasteiger partial charge on any atom is -0.362 e. The number of ether oxygens (including phenoxy) is 1. The van der Waals surface area contributed by atoms with Gasteiger partial charge in [0.25, 0.3) is 5.56 Å². The Kier molecular flexibility index (Phi) is 8.55. The highest BCUT2D eigenvalue weighted by molar-refractivity contribution is 7.25. The van der Waals surface area contributed by atoms with Gasteiger partial charge in [0.1, 0.15) is 33.5 Å². The zero-order valence-corrected chi connectivity index (χ0v) is 18.4. The second kappa shape index (κ2) is 10.9. The summed E-state index contributed by atoms with van der Waals surface area (Å²) in [5, 5.41) is 0.838. The van der Waals surface area contributed by atoms with Crippen molar-refractivity contribution in [2.45, 2.75) is 27.4 Å². The second-order valence-electron chi connectivity index (χ2n) is 6.76. The van der Waals surface area contributed by atoms with Crippen LogP contribution in [0.3, 0.4) is 0 Å². The Morgan fingerprint density at radius 2 is 2.00 bits per heavy atom. The minimum absolute atomic E-state index is 0.00579. The van der Waals surface area contributed by atoms with Gasteiger partial charge in [0.15, 0.2) is 0 Å². The van der Waals surface area contributed by atoms with Crippen molar-refractivity contribution < 1.29 is 13.5 Å². The van der Waals surface area contributed by atoms with E-state index in [0.29, 0.717) is 16.1 Å². The highest BCUT2D eigenvalue weighted by Gasteiger charge is 2.16. The Balaban J connectivity index is 0.000000343. The molecule has 0 aromatic carbocycles. The number of nitrogens with zero attached hydrogens (tertiary/aromatic N) is 5. The van der Waals surface area contributed by atoms with Crippen molar-refractivity contribution >= 4 is 43.8 Å².